The van der Waals surface area contributed by atoms with Gasteiger partial charge < -0.3 is 24.5 Å². The van der Waals surface area contributed by atoms with Gasteiger partial charge in [-0.2, -0.15) is 0 Å². The van der Waals surface area contributed by atoms with Crippen molar-refractivity contribution in [3.63, 3.8) is 0 Å². The van der Waals surface area contributed by atoms with Crippen LogP contribution in [0.5, 0.6) is 5.75 Å². The fraction of sp³-hybridized carbons (Fsp3) is 0.400. The summed E-state index contributed by atoms with van der Waals surface area (Å²) < 4.78 is 29.1. The number of halogens is 1. The highest BCUT2D eigenvalue weighted by Gasteiger charge is 2.35. The Morgan fingerprint density at radius 2 is 1.89 bits per heavy atom. The zero-order valence-corrected chi connectivity index (χ0v) is 26.4. The number of rotatable bonds is 8. The largest absolute Gasteiger partial charge is 0.490 e. The van der Waals surface area contributed by atoms with Gasteiger partial charge in [0.1, 0.15) is 11.3 Å². The Labute approximate surface area is 257 Å². The summed E-state index contributed by atoms with van der Waals surface area (Å²) in [7, 11) is 1.75. The number of aromatic nitrogens is 2. The van der Waals surface area contributed by atoms with E-state index in [1.807, 2.05) is 44.2 Å². The molecule has 44 heavy (non-hydrogen) atoms. The number of hydrogen-bond acceptors (Lipinski definition) is 5. The smallest absolute Gasteiger partial charge is 0.337 e. The monoisotopic (exact) mass is 601 g/mol. The van der Waals surface area contributed by atoms with Crippen LogP contribution in [0, 0.1) is 19.7 Å². The van der Waals surface area contributed by atoms with Gasteiger partial charge in [-0.3, -0.25) is 4.79 Å². The number of carbonyl (C=O) groups excluding carboxylic acids is 1. The average molecular weight is 602 g/mol. The minimum absolute atomic E-state index is 0.0894. The number of carboxylic acid groups (broad SMARTS) is 1. The lowest BCUT2D eigenvalue weighted by Gasteiger charge is -2.29. The van der Waals surface area contributed by atoms with Gasteiger partial charge in [-0.15, -0.1) is 0 Å². The lowest BCUT2D eigenvalue weighted by Crippen LogP contribution is -2.29. The molecule has 2 atom stereocenters. The Bertz CT molecular complexity index is 1740. The number of carboxylic acids is 1. The van der Waals surface area contributed by atoms with E-state index in [4.69, 9.17) is 14.5 Å². The number of fused-ring (bicyclic) bond motifs is 2. The molecule has 2 N–H and O–H groups in total. The van der Waals surface area contributed by atoms with E-state index in [0.29, 0.717) is 58.7 Å². The van der Waals surface area contributed by atoms with Gasteiger partial charge in [0.2, 0.25) is 0 Å². The molecule has 0 bridgehead atoms. The van der Waals surface area contributed by atoms with Crippen molar-refractivity contribution < 1.29 is 28.6 Å². The molecule has 0 aliphatic carbocycles. The van der Waals surface area contributed by atoms with Crippen molar-refractivity contribution in [2.24, 2.45) is 7.05 Å². The van der Waals surface area contributed by atoms with Gasteiger partial charge in [0.15, 0.2) is 17.7 Å². The molecule has 0 radical (unpaired) electrons. The lowest BCUT2D eigenvalue weighted by atomic mass is 9.86. The maximum atomic E-state index is 15.6. The van der Waals surface area contributed by atoms with E-state index in [0.717, 1.165) is 23.1 Å². The molecule has 0 saturated heterocycles. The first-order chi connectivity index (χ1) is 20.8. The van der Waals surface area contributed by atoms with Crippen molar-refractivity contribution in [3.05, 3.63) is 81.9 Å². The first-order valence-corrected chi connectivity index (χ1v) is 15.0. The van der Waals surface area contributed by atoms with Crippen molar-refractivity contribution in [2.45, 2.75) is 72.0 Å². The van der Waals surface area contributed by atoms with Crippen LogP contribution in [0.4, 0.5) is 4.39 Å². The molecule has 232 valence electrons. The number of hydrogen-bond donors (Lipinski definition) is 2. The van der Waals surface area contributed by atoms with Gasteiger partial charge in [0, 0.05) is 41.4 Å². The summed E-state index contributed by atoms with van der Waals surface area (Å²) in [6.45, 7) is 11.9. The number of ether oxygens (including phenoxy) is 2. The summed E-state index contributed by atoms with van der Waals surface area (Å²) in [6, 6.07) is 13.1. The lowest BCUT2D eigenvalue weighted by molar-refractivity contribution is -0.160. The molecular weight excluding hydrogens is 561 g/mol. The third-order valence-corrected chi connectivity index (χ3v) is 8.24. The van der Waals surface area contributed by atoms with Gasteiger partial charge in [-0.05, 0) is 82.2 Å². The molecule has 5 rings (SSSR count). The van der Waals surface area contributed by atoms with Crippen molar-refractivity contribution in [3.8, 4) is 16.9 Å². The Morgan fingerprint density at radius 1 is 1.18 bits per heavy atom. The molecule has 0 spiro atoms. The summed E-state index contributed by atoms with van der Waals surface area (Å²) in [5, 5.41) is 14.0. The highest BCUT2D eigenvalue weighted by atomic mass is 19.1. The van der Waals surface area contributed by atoms with E-state index in [1.54, 1.807) is 45.4 Å². The van der Waals surface area contributed by atoms with Crippen LogP contribution < -0.4 is 10.1 Å². The van der Waals surface area contributed by atoms with Crippen LogP contribution in [0.25, 0.3) is 22.2 Å². The van der Waals surface area contributed by atoms with Crippen molar-refractivity contribution in [2.75, 3.05) is 13.2 Å². The van der Waals surface area contributed by atoms with Crippen LogP contribution in [0.2, 0.25) is 0 Å². The molecule has 0 saturated carbocycles. The molecule has 8 nitrogen and oxygen atoms in total. The second-order valence-electron chi connectivity index (χ2n) is 12.6. The number of aliphatic carboxylic acids is 1. The molecule has 1 amide bonds. The molecule has 9 heteroatoms. The van der Waals surface area contributed by atoms with Crippen molar-refractivity contribution >= 4 is 22.9 Å². The molecule has 1 aliphatic rings. The van der Waals surface area contributed by atoms with E-state index < -0.39 is 23.5 Å². The van der Waals surface area contributed by atoms with Crippen LogP contribution in [0.3, 0.4) is 0 Å². The van der Waals surface area contributed by atoms with E-state index in [1.165, 1.54) is 6.07 Å². The van der Waals surface area contributed by atoms with Crippen LogP contribution in [-0.2, 0) is 23.0 Å². The fourth-order valence-corrected chi connectivity index (χ4v) is 6.03. The SMILES string of the molecule is Cc1nc2c(cc(C(=O)NC[C@@H](C)c3ccccc3)n2C)c(-c2cc(F)c3c(c2C)CCCO3)c1[C@H](OC(C)(C)C)C(=O)O. The van der Waals surface area contributed by atoms with Gasteiger partial charge in [0.05, 0.1) is 12.2 Å². The van der Waals surface area contributed by atoms with Gasteiger partial charge in [0.25, 0.3) is 5.91 Å². The van der Waals surface area contributed by atoms with Crippen LogP contribution in [0.15, 0.2) is 42.5 Å². The van der Waals surface area contributed by atoms with Gasteiger partial charge in [-0.1, -0.05) is 37.3 Å². The molecule has 3 heterocycles. The maximum Gasteiger partial charge on any atom is 0.337 e. The second-order valence-corrected chi connectivity index (χ2v) is 12.6. The van der Waals surface area contributed by atoms with Crippen molar-refractivity contribution in [1.29, 1.82) is 0 Å². The fourth-order valence-electron chi connectivity index (χ4n) is 6.03. The number of carbonyl (C=O) groups is 2. The molecule has 0 fully saturated rings. The van der Waals surface area contributed by atoms with Crippen LogP contribution >= 0.6 is 0 Å². The molecule has 1 aliphatic heterocycles. The Hall–Kier alpha value is -4.24. The van der Waals surface area contributed by atoms with Gasteiger partial charge >= 0.3 is 5.97 Å². The van der Waals surface area contributed by atoms with Gasteiger partial charge in [-0.25, -0.2) is 14.2 Å². The maximum absolute atomic E-state index is 15.6. The van der Waals surface area contributed by atoms with Crippen molar-refractivity contribution in [1.82, 2.24) is 14.9 Å². The predicted molar refractivity (Wildman–Crippen MR) is 168 cm³/mol. The molecule has 2 aromatic heterocycles. The van der Waals surface area contributed by atoms with E-state index in [9.17, 15) is 14.7 Å². The predicted octanol–water partition coefficient (Wildman–Crippen LogP) is 6.80. The van der Waals surface area contributed by atoms with E-state index >= 15 is 4.39 Å². The number of benzene rings is 2. The topological polar surface area (TPSA) is 103 Å². The standard InChI is InChI=1S/C35H40FN3O5/c1-19(22-12-9-8-10-13-22)18-37-33(40)27-17-25-29(24-16-26(36)30-23(20(24)2)14-11-15-43-30)28(21(3)38-32(25)39(27)7)31(34(41)42)44-35(4,5)6/h8-10,12-13,16-17,19,31H,11,14-15,18H2,1-7H3,(H,37,40)(H,41,42)/t19-,31+/m1/s1. The Balaban J connectivity index is 1.71. The minimum Gasteiger partial charge on any atom is -0.490 e. The third kappa shape index (κ3) is 5.93. The van der Waals surface area contributed by atoms with Crippen LogP contribution in [0.1, 0.15) is 84.6 Å². The highest BCUT2D eigenvalue weighted by Crippen LogP contribution is 2.44. The molecular formula is C35H40FN3O5. The number of pyridine rings is 1. The third-order valence-electron chi connectivity index (χ3n) is 8.24. The first-order valence-electron chi connectivity index (χ1n) is 15.0. The number of amides is 1. The minimum atomic E-state index is -1.39. The second kappa shape index (κ2) is 12.0. The van der Waals surface area contributed by atoms with E-state index in [2.05, 4.69) is 5.32 Å². The Morgan fingerprint density at radius 3 is 2.55 bits per heavy atom. The highest BCUT2D eigenvalue weighted by molar-refractivity contribution is 6.04. The summed E-state index contributed by atoms with van der Waals surface area (Å²) >= 11 is 0. The zero-order chi connectivity index (χ0) is 31.9. The quantitative estimate of drug-likeness (QED) is 0.230. The van der Waals surface area contributed by atoms with E-state index in [-0.39, 0.29) is 17.6 Å². The number of nitrogens with one attached hydrogen (secondary N) is 1. The number of aryl methyl sites for hydroxylation is 2. The average Bonchev–Trinajstić information content (AvgIpc) is 3.31. The molecule has 0 unspecified atom stereocenters. The van der Waals surface area contributed by atoms with Crippen LogP contribution in [-0.4, -0.2) is 45.3 Å². The Kier molecular flexibility index (Phi) is 8.53. The summed E-state index contributed by atoms with van der Waals surface area (Å²) in [5.74, 6) is -1.66. The summed E-state index contributed by atoms with van der Waals surface area (Å²) in [6.07, 6.45) is -0.00548. The number of nitrogens with zero attached hydrogens (tertiary/aromatic N) is 2. The normalized spacial score (nSPS) is 14.5. The molecule has 4 aromatic rings. The molecule has 2 aromatic carbocycles. The summed E-state index contributed by atoms with van der Waals surface area (Å²) in [4.78, 5) is 31.1. The summed E-state index contributed by atoms with van der Waals surface area (Å²) in [5.41, 5.74) is 4.46. The first kappa shape index (κ1) is 31.2. The zero-order valence-electron chi connectivity index (χ0n) is 26.4.